The third-order valence-electron chi connectivity index (χ3n) is 3.29. The van der Waals surface area contributed by atoms with Crippen molar-refractivity contribution >= 4 is 0 Å². The summed E-state index contributed by atoms with van der Waals surface area (Å²) in [4.78, 5) is 0. The molecule has 0 amide bonds. The van der Waals surface area contributed by atoms with Gasteiger partial charge < -0.3 is 5.73 Å². The van der Waals surface area contributed by atoms with E-state index in [1.54, 1.807) is 0 Å². The minimum Gasteiger partial charge on any atom is -0.330 e. The zero-order valence-corrected chi connectivity index (χ0v) is 9.06. The first-order chi connectivity index (χ1) is 7.88. The minimum atomic E-state index is 0.606. The van der Waals surface area contributed by atoms with Crippen LogP contribution in [0.3, 0.4) is 0 Å². The number of nitrogens with zero attached hydrogens (tertiary/aromatic N) is 1. The van der Waals surface area contributed by atoms with Crippen molar-refractivity contribution in [1.29, 1.82) is 0 Å². The standard InChI is InChI=1S/C13H15N3/c14-8-10-6-11(10)13-7-12(15-16-13)9-4-2-1-3-5-9/h1-5,7,10-11H,6,8,14H2,(H,15,16)/t10-,11+/m0/s1. The van der Waals surface area contributed by atoms with E-state index < -0.39 is 0 Å². The van der Waals surface area contributed by atoms with Gasteiger partial charge in [-0.1, -0.05) is 30.3 Å². The molecule has 1 aliphatic rings. The van der Waals surface area contributed by atoms with Crippen molar-refractivity contribution in [3.63, 3.8) is 0 Å². The predicted molar refractivity (Wildman–Crippen MR) is 63.9 cm³/mol. The van der Waals surface area contributed by atoms with Gasteiger partial charge in [0.2, 0.25) is 0 Å². The summed E-state index contributed by atoms with van der Waals surface area (Å²) in [6.45, 7) is 0.782. The Labute approximate surface area is 94.7 Å². The van der Waals surface area contributed by atoms with Crippen LogP contribution in [0.2, 0.25) is 0 Å². The van der Waals surface area contributed by atoms with Crippen molar-refractivity contribution < 1.29 is 0 Å². The molecule has 1 aromatic carbocycles. The van der Waals surface area contributed by atoms with Crippen LogP contribution < -0.4 is 5.73 Å². The van der Waals surface area contributed by atoms with Crippen LogP contribution >= 0.6 is 0 Å². The van der Waals surface area contributed by atoms with Crippen LogP contribution in [0.1, 0.15) is 18.0 Å². The van der Waals surface area contributed by atoms with E-state index in [1.807, 2.05) is 18.2 Å². The number of H-pyrrole nitrogens is 1. The SMILES string of the molecule is NC[C@@H]1C[C@H]1c1cc(-c2ccccc2)n[nH]1. The average molecular weight is 213 g/mol. The number of aromatic nitrogens is 2. The summed E-state index contributed by atoms with van der Waals surface area (Å²) in [6.07, 6.45) is 1.20. The summed E-state index contributed by atoms with van der Waals surface area (Å²) in [5.41, 5.74) is 9.06. The summed E-state index contributed by atoms with van der Waals surface area (Å²) in [5.74, 6) is 1.26. The van der Waals surface area contributed by atoms with Crippen LogP contribution in [-0.2, 0) is 0 Å². The second-order valence-electron chi connectivity index (χ2n) is 4.41. The van der Waals surface area contributed by atoms with Gasteiger partial charge in [-0.25, -0.2) is 0 Å². The first-order valence-corrected chi connectivity index (χ1v) is 5.69. The number of hydrogen-bond acceptors (Lipinski definition) is 2. The van der Waals surface area contributed by atoms with Gasteiger partial charge in [0.15, 0.2) is 0 Å². The van der Waals surface area contributed by atoms with Gasteiger partial charge in [0.05, 0.1) is 5.69 Å². The van der Waals surface area contributed by atoms with Crippen LogP contribution in [-0.4, -0.2) is 16.7 Å². The molecule has 3 nitrogen and oxygen atoms in total. The Kier molecular flexibility index (Phi) is 2.26. The summed E-state index contributed by atoms with van der Waals surface area (Å²) < 4.78 is 0. The summed E-state index contributed by atoms with van der Waals surface area (Å²) in [7, 11) is 0. The number of benzene rings is 1. The van der Waals surface area contributed by atoms with Gasteiger partial charge in [0.25, 0.3) is 0 Å². The van der Waals surface area contributed by atoms with Gasteiger partial charge in [0, 0.05) is 17.2 Å². The number of rotatable bonds is 3. The summed E-state index contributed by atoms with van der Waals surface area (Å²) in [5, 5.41) is 7.48. The fourth-order valence-electron chi connectivity index (χ4n) is 2.17. The van der Waals surface area contributed by atoms with E-state index in [0.29, 0.717) is 11.8 Å². The number of nitrogens with two attached hydrogens (primary N) is 1. The van der Waals surface area contributed by atoms with Crippen molar-refractivity contribution in [1.82, 2.24) is 10.2 Å². The molecule has 82 valence electrons. The molecule has 0 radical (unpaired) electrons. The largest absolute Gasteiger partial charge is 0.330 e. The summed E-state index contributed by atoms with van der Waals surface area (Å²) in [6, 6.07) is 12.4. The van der Waals surface area contributed by atoms with Crippen molar-refractivity contribution in [2.75, 3.05) is 6.54 Å². The molecule has 0 aliphatic heterocycles. The van der Waals surface area contributed by atoms with E-state index in [9.17, 15) is 0 Å². The van der Waals surface area contributed by atoms with E-state index in [4.69, 9.17) is 5.73 Å². The van der Waals surface area contributed by atoms with Crippen molar-refractivity contribution in [3.05, 3.63) is 42.1 Å². The van der Waals surface area contributed by atoms with Crippen LogP contribution in [0, 0.1) is 5.92 Å². The van der Waals surface area contributed by atoms with Gasteiger partial charge in [-0.15, -0.1) is 0 Å². The Hall–Kier alpha value is -1.61. The van der Waals surface area contributed by atoms with Crippen molar-refractivity contribution in [2.24, 2.45) is 11.7 Å². The first-order valence-electron chi connectivity index (χ1n) is 5.69. The lowest BCUT2D eigenvalue weighted by molar-refractivity contribution is 0.793. The van der Waals surface area contributed by atoms with Crippen LogP contribution in [0.25, 0.3) is 11.3 Å². The second-order valence-corrected chi connectivity index (χ2v) is 4.41. The third kappa shape index (κ3) is 1.63. The van der Waals surface area contributed by atoms with Crippen LogP contribution in [0.15, 0.2) is 36.4 Å². The van der Waals surface area contributed by atoms with E-state index >= 15 is 0 Å². The minimum absolute atomic E-state index is 0.606. The van der Waals surface area contributed by atoms with Gasteiger partial charge in [0.1, 0.15) is 0 Å². The fourth-order valence-corrected chi connectivity index (χ4v) is 2.17. The Bertz CT molecular complexity index is 475. The zero-order valence-electron chi connectivity index (χ0n) is 9.06. The smallest absolute Gasteiger partial charge is 0.0923 e. The fraction of sp³-hybridized carbons (Fsp3) is 0.308. The molecule has 16 heavy (non-hydrogen) atoms. The molecule has 3 N–H and O–H groups in total. The van der Waals surface area contributed by atoms with E-state index in [0.717, 1.165) is 17.8 Å². The molecular weight excluding hydrogens is 198 g/mol. The molecule has 0 saturated heterocycles. The van der Waals surface area contributed by atoms with Crippen LogP contribution in [0.4, 0.5) is 0 Å². The Morgan fingerprint density at radius 1 is 1.31 bits per heavy atom. The first kappa shape index (κ1) is 9.60. The Balaban J connectivity index is 1.84. The lowest BCUT2D eigenvalue weighted by Crippen LogP contribution is -2.01. The van der Waals surface area contributed by atoms with Gasteiger partial charge in [-0.3, -0.25) is 5.10 Å². The van der Waals surface area contributed by atoms with Crippen molar-refractivity contribution in [2.45, 2.75) is 12.3 Å². The molecule has 2 aromatic rings. The highest BCUT2D eigenvalue weighted by molar-refractivity contribution is 5.59. The quantitative estimate of drug-likeness (QED) is 0.820. The molecule has 1 fully saturated rings. The normalized spacial score (nSPS) is 23.3. The topological polar surface area (TPSA) is 54.7 Å². The van der Waals surface area contributed by atoms with Gasteiger partial charge in [-0.2, -0.15) is 5.10 Å². The molecule has 0 spiro atoms. The van der Waals surface area contributed by atoms with E-state index in [1.165, 1.54) is 12.1 Å². The second kappa shape index (κ2) is 3.76. The van der Waals surface area contributed by atoms with E-state index in [-0.39, 0.29) is 0 Å². The average Bonchev–Trinajstić information content (AvgIpc) is 2.98. The highest BCUT2D eigenvalue weighted by Crippen LogP contribution is 2.46. The molecule has 1 aromatic heterocycles. The highest BCUT2D eigenvalue weighted by atomic mass is 15.1. The number of aromatic amines is 1. The summed E-state index contributed by atoms with van der Waals surface area (Å²) >= 11 is 0. The molecular formula is C13H15N3. The molecule has 3 heteroatoms. The monoisotopic (exact) mass is 213 g/mol. The van der Waals surface area contributed by atoms with Crippen molar-refractivity contribution in [3.8, 4) is 11.3 Å². The highest BCUT2D eigenvalue weighted by Gasteiger charge is 2.38. The van der Waals surface area contributed by atoms with Crippen LogP contribution in [0.5, 0.6) is 0 Å². The Morgan fingerprint density at radius 2 is 2.12 bits per heavy atom. The third-order valence-corrected chi connectivity index (χ3v) is 3.29. The lowest BCUT2D eigenvalue weighted by atomic mass is 10.1. The predicted octanol–water partition coefficient (Wildman–Crippen LogP) is 2.14. The lowest BCUT2D eigenvalue weighted by Gasteiger charge is -1.93. The molecule has 1 heterocycles. The maximum absolute atomic E-state index is 5.65. The molecule has 1 aliphatic carbocycles. The van der Waals surface area contributed by atoms with E-state index in [2.05, 4.69) is 28.4 Å². The van der Waals surface area contributed by atoms with Gasteiger partial charge >= 0.3 is 0 Å². The number of nitrogens with one attached hydrogen (secondary N) is 1. The molecule has 1 saturated carbocycles. The maximum atomic E-state index is 5.65. The number of hydrogen-bond donors (Lipinski definition) is 2. The molecule has 2 atom stereocenters. The maximum Gasteiger partial charge on any atom is 0.0923 e. The van der Waals surface area contributed by atoms with Gasteiger partial charge in [-0.05, 0) is 24.9 Å². The zero-order chi connectivity index (χ0) is 11.0. The molecule has 3 rings (SSSR count). The molecule has 0 unspecified atom stereocenters. The Morgan fingerprint density at radius 3 is 2.81 bits per heavy atom. The molecule has 0 bridgehead atoms.